The van der Waals surface area contributed by atoms with Crippen molar-refractivity contribution < 1.29 is 46.2 Å². The number of Topliss-reactive ketones (excluding diaryl/α,β-unsaturated/α-hetero) is 1. The maximum atomic E-state index is 13.5. The lowest BCUT2D eigenvalue weighted by molar-refractivity contribution is -1.08. The number of nitrogens with zero attached hydrogens (tertiary/aromatic N) is 3. The number of hydrogen-bond acceptors (Lipinski definition) is 10. The predicted octanol–water partition coefficient (Wildman–Crippen LogP) is 2.04. The molecule has 2 atom stereocenters. The van der Waals surface area contributed by atoms with Crippen LogP contribution in [0.4, 0.5) is 0 Å². The number of nitrogens with one attached hydrogen (secondary N) is 2. The first-order chi connectivity index (χ1) is 22.5. The number of amides is 2. The molecule has 3 aliphatic heterocycles. The van der Waals surface area contributed by atoms with Crippen molar-refractivity contribution >= 4 is 38.6 Å². The van der Waals surface area contributed by atoms with Crippen molar-refractivity contribution in [1.82, 2.24) is 19.9 Å². The van der Waals surface area contributed by atoms with Gasteiger partial charge < -0.3 is 29.4 Å². The van der Waals surface area contributed by atoms with Gasteiger partial charge in [-0.05, 0) is 49.4 Å². The zero-order valence-electron chi connectivity index (χ0n) is 26.5. The molecular formula is C32H40N5O9S+. The van der Waals surface area contributed by atoms with Crippen molar-refractivity contribution in [2.45, 2.75) is 50.2 Å². The molecule has 3 aromatic rings. The molecule has 0 radical (unpaired) electrons. The molecule has 15 heteroatoms. The molecule has 3 aliphatic rings. The van der Waals surface area contributed by atoms with E-state index in [2.05, 4.69) is 15.6 Å². The van der Waals surface area contributed by atoms with Crippen molar-refractivity contribution in [3.05, 3.63) is 48.4 Å². The number of benzene rings is 1. The van der Waals surface area contributed by atoms with Crippen LogP contribution in [0, 0.1) is 5.92 Å². The molecule has 47 heavy (non-hydrogen) atoms. The number of rotatable bonds is 8. The molecule has 0 bridgehead atoms. The summed E-state index contributed by atoms with van der Waals surface area (Å²) in [6, 6.07) is 7.73. The van der Waals surface area contributed by atoms with Gasteiger partial charge in [-0.1, -0.05) is 19.9 Å². The van der Waals surface area contributed by atoms with Crippen LogP contribution in [0.5, 0.6) is 11.5 Å². The topological polar surface area (TPSA) is 166 Å². The Bertz CT molecular complexity index is 1740. The quantitative estimate of drug-likeness (QED) is 0.339. The van der Waals surface area contributed by atoms with E-state index < -0.39 is 46.2 Å². The molecular weight excluding hydrogens is 630 g/mol. The standard InChI is InChI=1S/C32H39N5O9S/c1-21(2)18-24(31(39)34-23-6-5-11-36(20-25(23)38)47(41,42)29-7-3-4-10-33-29)35-32(40)28-19-22-26(45-28)8-9-27-30(22)46-37(14-17-44-27)12-15-43-16-13-37/h3-4,7-10,19,21,23-24H,5-6,11-18,20H2,1-2H3,(H-,34,35,39,40)/p+1/t23-,24?/m0/s1. The van der Waals surface area contributed by atoms with Crippen LogP contribution in [0.1, 0.15) is 43.7 Å². The van der Waals surface area contributed by atoms with Crippen molar-refractivity contribution in [2.24, 2.45) is 5.92 Å². The van der Waals surface area contributed by atoms with Crippen LogP contribution < -0.4 is 20.2 Å². The highest BCUT2D eigenvalue weighted by Crippen LogP contribution is 2.41. The average molecular weight is 671 g/mol. The van der Waals surface area contributed by atoms with Gasteiger partial charge in [-0.2, -0.15) is 4.31 Å². The summed E-state index contributed by atoms with van der Waals surface area (Å²) in [5.74, 6) is -0.494. The number of morpholine rings is 1. The third-order valence-corrected chi connectivity index (χ3v) is 10.4. The first-order valence-electron chi connectivity index (χ1n) is 15.9. The third-order valence-electron chi connectivity index (χ3n) is 8.68. The number of furan rings is 1. The van der Waals surface area contributed by atoms with Gasteiger partial charge in [-0.3, -0.25) is 14.4 Å². The van der Waals surface area contributed by atoms with Crippen LogP contribution in [-0.4, -0.2) is 105 Å². The van der Waals surface area contributed by atoms with Crippen molar-refractivity contribution in [2.75, 3.05) is 52.5 Å². The highest BCUT2D eigenvalue weighted by Gasteiger charge is 2.39. The second-order valence-corrected chi connectivity index (χ2v) is 14.4. The smallest absolute Gasteiger partial charge is 0.287 e. The number of hydroxylamine groups is 3. The van der Waals surface area contributed by atoms with Gasteiger partial charge in [0.25, 0.3) is 15.9 Å². The zero-order valence-corrected chi connectivity index (χ0v) is 27.3. The van der Waals surface area contributed by atoms with E-state index in [-0.39, 0.29) is 29.7 Å². The van der Waals surface area contributed by atoms with E-state index in [1.165, 1.54) is 12.3 Å². The molecule has 14 nitrogen and oxygen atoms in total. The molecule has 2 N–H and O–H groups in total. The number of fused-ring (bicyclic) bond motifs is 3. The van der Waals surface area contributed by atoms with E-state index in [1.54, 1.807) is 30.3 Å². The number of ether oxygens (including phenoxy) is 2. The molecule has 252 valence electrons. The van der Waals surface area contributed by atoms with Gasteiger partial charge in [0.2, 0.25) is 11.7 Å². The van der Waals surface area contributed by atoms with Gasteiger partial charge in [0.15, 0.2) is 28.9 Å². The maximum Gasteiger partial charge on any atom is 0.287 e. The number of sulfonamides is 1. The molecule has 2 saturated heterocycles. The van der Waals surface area contributed by atoms with Crippen molar-refractivity contribution in [3.63, 3.8) is 0 Å². The fraction of sp³-hybridized carbons (Fsp3) is 0.500. The summed E-state index contributed by atoms with van der Waals surface area (Å²) in [7, 11) is -3.98. The average Bonchev–Trinajstić information content (AvgIpc) is 3.31. The Labute approximate surface area is 272 Å². The number of hydrogen-bond donors (Lipinski definition) is 2. The van der Waals surface area contributed by atoms with E-state index in [1.807, 2.05) is 13.8 Å². The minimum Gasteiger partial charge on any atom is -0.483 e. The SMILES string of the molecule is CC(C)CC(NC(=O)c1cc2c3c(ccc2o1)OCC[N+]1(CCOCC1)O3)C(=O)N[C@H]1CCCN(S(=O)(=O)c2ccccn2)CC1=O. The van der Waals surface area contributed by atoms with E-state index in [0.29, 0.717) is 79.4 Å². The fourth-order valence-corrected chi connectivity index (χ4v) is 7.50. The highest BCUT2D eigenvalue weighted by atomic mass is 32.2. The minimum absolute atomic E-state index is 0.00255. The summed E-state index contributed by atoms with van der Waals surface area (Å²) in [5, 5.41) is 6.00. The number of ketones is 1. The Kier molecular flexibility index (Phi) is 9.50. The third kappa shape index (κ3) is 7.12. The van der Waals surface area contributed by atoms with Gasteiger partial charge in [0.1, 0.15) is 31.3 Å². The summed E-state index contributed by atoms with van der Waals surface area (Å²) >= 11 is 0. The van der Waals surface area contributed by atoms with Crippen molar-refractivity contribution in [1.29, 1.82) is 0 Å². The molecule has 2 amide bonds. The largest absolute Gasteiger partial charge is 0.483 e. The Morgan fingerprint density at radius 1 is 1.11 bits per heavy atom. The Morgan fingerprint density at radius 3 is 2.64 bits per heavy atom. The van der Waals surface area contributed by atoms with Crippen LogP contribution in [0.15, 0.2) is 52.0 Å². The molecule has 2 fully saturated rings. The van der Waals surface area contributed by atoms with E-state index >= 15 is 0 Å². The van der Waals surface area contributed by atoms with E-state index in [0.717, 1.165) is 4.31 Å². The second-order valence-electron chi connectivity index (χ2n) is 12.5. The van der Waals surface area contributed by atoms with Gasteiger partial charge >= 0.3 is 0 Å². The molecule has 2 aromatic heterocycles. The summed E-state index contributed by atoms with van der Waals surface area (Å²) in [6.45, 7) is 7.14. The summed E-state index contributed by atoms with van der Waals surface area (Å²) < 4.78 is 45.1. The van der Waals surface area contributed by atoms with Crippen LogP contribution in [0.3, 0.4) is 0 Å². The molecule has 1 spiro atoms. The zero-order chi connectivity index (χ0) is 33.2. The number of quaternary nitrogens is 1. The van der Waals surface area contributed by atoms with Gasteiger partial charge in [-0.25, -0.2) is 13.4 Å². The van der Waals surface area contributed by atoms with Crippen LogP contribution >= 0.6 is 0 Å². The van der Waals surface area contributed by atoms with E-state index in [4.69, 9.17) is 18.7 Å². The van der Waals surface area contributed by atoms with Gasteiger partial charge in [-0.15, -0.1) is 4.65 Å². The molecule has 1 aromatic carbocycles. The molecule has 6 rings (SSSR count). The Hall–Kier alpha value is -4.05. The number of carbonyl (C=O) groups is 3. The summed E-state index contributed by atoms with van der Waals surface area (Å²) in [5.41, 5.74) is 0.435. The Morgan fingerprint density at radius 2 is 1.89 bits per heavy atom. The van der Waals surface area contributed by atoms with E-state index in [9.17, 15) is 22.8 Å². The molecule has 0 saturated carbocycles. The number of carbonyl (C=O) groups excluding carboxylic acids is 3. The number of aromatic nitrogens is 1. The number of pyridine rings is 1. The lowest BCUT2D eigenvalue weighted by Crippen LogP contribution is -2.58. The first-order valence-corrected chi connectivity index (χ1v) is 17.4. The minimum atomic E-state index is -3.98. The van der Waals surface area contributed by atoms with Crippen LogP contribution in [-0.2, 0) is 24.3 Å². The molecule has 5 heterocycles. The Balaban J connectivity index is 1.16. The summed E-state index contributed by atoms with van der Waals surface area (Å²) in [4.78, 5) is 50.7. The maximum absolute atomic E-state index is 13.5. The first kappa shape index (κ1) is 32.9. The fourth-order valence-electron chi connectivity index (χ4n) is 6.13. The van der Waals surface area contributed by atoms with Gasteiger partial charge in [0.05, 0.1) is 31.2 Å². The van der Waals surface area contributed by atoms with Crippen LogP contribution in [0.25, 0.3) is 11.0 Å². The normalized spacial score (nSPS) is 20.8. The lowest BCUT2D eigenvalue weighted by Gasteiger charge is -2.36. The lowest BCUT2D eigenvalue weighted by atomic mass is 10.0. The summed E-state index contributed by atoms with van der Waals surface area (Å²) in [6.07, 6.45) is 2.28. The van der Waals surface area contributed by atoms with Crippen molar-refractivity contribution in [3.8, 4) is 11.5 Å². The highest BCUT2D eigenvalue weighted by molar-refractivity contribution is 7.89. The molecule has 1 unspecified atom stereocenters. The van der Waals surface area contributed by atoms with Gasteiger partial charge in [0, 0.05) is 18.8 Å². The monoisotopic (exact) mass is 670 g/mol. The van der Waals surface area contributed by atoms with Crippen LogP contribution in [0.2, 0.25) is 0 Å². The predicted molar refractivity (Wildman–Crippen MR) is 168 cm³/mol. The molecule has 0 aliphatic carbocycles. The second kappa shape index (κ2) is 13.6.